The van der Waals surface area contributed by atoms with Gasteiger partial charge in [0, 0.05) is 10.4 Å². The summed E-state index contributed by atoms with van der Waals surface area (Å²) in [6.45, 7) is 4.19. The van der Waals surface area contributed by atoms with Crippen LogP contribution in [0, 0.1) is 13.8 Å². The van der Waals surface area contributed by atoms with E-state index in [0.29, 0.717) is 5.89 Å². The van der Waals surface area contributed by atoms with E-state index in [0.717, 1.165) is 27.3 Å². The number of oxazole rings is 1. The number of hydrogen-bond acceptors (Lipinski definition) is 5. The van der Waals surface area contributed by atoms with Crippen LogP contribution in [0.15, 0.2) is 75.9 Å². The van der Waals surface area contributed by atoms with E-state index in [1.54, 1.807) is 23.8 Å². The minimum absolute atomic E-state index is 0.632. The minimum Gasteiger partial charge on any atom is -0.445 e. The summed E-state index contributed by atoms with van der Waals surface area (Å²) in [7, 11) is 0. The third-order valence-corrected chi connectivity index (χ3v) is 5.34. The van der Waals surface area contributed by atoms with Gasteiger partial charge in [0.15, 0.2) is 0 Å². The van der Waals surface area contributed by atoms with E-state index in [1.165, 1.54) is 11.1 Å². The highest BCUT2D eigenvalue weighted by Gasteiger charge is 2.08. The Kier molecular flexibility index (Phi) is 4.85. The van der Waals surface area contributed by atoms with E-state index >= 15 is 0 Å². The average Bonchev–Trinajstić information content (AvgIpc) is 3.35. The number of hydrazone groups is 1. The molecule has 0 saturated carbocycles. The molecule has 0 radical (unpaired) electrons. The summed E-state index contributed by atoms with van der Waals surface area (Å²) in [5.41, 5.74) is 9.76. The maximum absolute atomic E-state index is 5.42. The lowest BCUT2D eigenvalue weighted by molar-refractivity contribution is 0.574. The summed E-state index contributed by atoms with van der Waals surface area (Å²) in [5, 5.41) is 6.40. The lowest BCUT2D eigenvalue weighted by Gasteiger charge is -2.09. The highest BCUT2D eigenvalue weighted by molar-refractivity contribution is 7.11. The van der Waals surface area contributed by atoms with E-state index in [9.17, 15) is 0 Å². The predicted octanol–water partition coefficient (Wildman–Crippen LogP) is 6.13. The Bertz CT molecular complexity index is 1060. The number of nitrogens with zero attached hydrogens (tertiary/aromatic N) is 2. The summed E-state index contributed by atoms with van der Waals surface area (Å²) < 4.78 is 5.42. The molecular formula is C22H19N3OS. The number of aryl methyl sites for hydroxylation is 2. The summed E-state index contributed by atoms with van der Waals surface area (Å²) in [4.78, 5) is 5.40. The van der Waals surface area contributed by atoms with E-state index in [-0.39, 0.29) is 0 Å². The number of anilines is 1. The van der Waals surface area contributed by atoms with Crippen molar-refractivity contribution in [2.24, 2.45) is 5.10 Å². The Hall–Kier alpha value is -3.18. The molecule has 1 N–H and O–H groups in total. The molecule has 0 aliphatic rings. The van der Waals surface area contributed by atoms with Gasteiger partial charge < -0.3 is 4.42 Å². The van der Waals surface area contributed by atoms with Crippen LogP contribution in [0.25, 0.3) is 22.6 Å². The Morgan fingerprint density at radius 3 is 2.52 bits per heavy atom. The first-order valence-electron chi connectivity index (χ1n) is 8.65. The van der Waals surface area contributed by atoms with Crippen molar-refractivity contribution in [3.63, 3.8) is 0 Å². The molecule has 27 heavy (non-hydrogen) atoms. The molecule has 0 unspecified atom stereocenters. The molecule has 0 bridgehead atoms. The molecule has 0 atom stereocenters. The van der Waals surface area contributed by atoms with Crippen LogP contribution in [0.3, 0.4) is 0 Å². The topological polar surface area (TPSA) is 50.4 Å². The fourth-order valence-corrected chi connectivity index (χ4v) is 3.62. The van der Waals surface area contributed by atoms with Crippen molar-refractivity contribution < 1.29 is 4.42 Å². The first-order chi connectivity index (χ1) is 13.2. The number of nitrogens with one attached hydrogen (secondary N) is 1. The van der Waals surface area contributed by atoms with Crippen LogP contribution in [0.5, 0.6) is 0 Å². The number of benzene rings is 2. The summed E-state index contributed by atoms with van der Waals surface area (Å²) in [6.07, 6.45) is 5.11. The van der Waals surface area contributed by atoms with Crippen LogP contribution in [-0.4, -0.2) is 11.2 Å². The van der Waals surface area contributed by atoms with Crippen molar-refractivity contribution in [2.45, 2.75) is 13.8 Å². The quantitative estimate of drug-likeness (QED) is 0.338. The SMILES string of the molecule is Cc1ccc(-c2ncco2)cc1-c1ccc(N/N=C/c2sccc2C)cc1. The lowest BCUT2D eigenvalue weighted by atomic mass is 9.98. The van der Waals surface area contributed by atoms with Gasteiger partial charge in [0.05, 0.1) is 18.1 Å². The zero-order valence-corrected chi connectivity index (χ0v) is 16.0. The molecule has 0 aliphatic carbocycles. The van der Waals surface area contributed by atoms with Gasteiger partial charge in [-0.2, -0.15) is 5.10 Å². The number of hydrogen-bond donors (Lipinski definition) is 1. The highest BCUT2D eigenvalue weighted by Crippen LogP contribution is 2.29. The summed E-state index contributed by atoms with van der Waals surface area (Å²) >= 11 is 1.68. The standard InChI is InChI=1S/C22H19N3OS/c1-15-3-4-18(22-23-10-11-26-22)13-20(15)17-5-7-19(8-6-17)25-24-14-21-16(2)9-12-27-21/h3-14,25H,1-2H3/b24-14+. The normalized spacial score (nSPS) is 11.2. The molecule has 0 aliphatic heterocycles. The predicted molar refractivity (Wildman–Crippen MR) is 112 cm³/mol. The first kappa shape index (κ1) is 17.2. The molecule has 4 rings (SSSR count). The number of rotatable bonds is 5. The van der Waals surface area contributed by atoms with Crippen LogP contribution >= 0.6 is 11.3 Å². The molecule has 0 saturated heterocycles. The molecule has 2 heterocycles. The zero-order valence-electron chi connectivity index (χ0n) is 15.1. The van der Waals surface area contributed by atoms with Crippen LogP contribution in [0.1, 0.15) is 16.0 Å². The maximum Gasteiger partial charge on any atom is 0.225 e. The largest absolute Gasteiger partial charge is 0.445 e. The van der Waals surface area contributed by atoms with Crippen molar-refractivity contribution in [1.82, 2.24) is 4.98 Å². The van der Waals surface area contributed by atoms with Crippen molar-refractivity contribution in [1.29, 1.82) is 0 Å². The minimum atomic E-state index is 0.632. The maximum atomic E-state index is 5.42. The fourth-order valence-electron chi connectivity index (χ4n) is 2.84. The Morgan fingerprint density at radius 1 is 1.00 bits per heavy atom. The third-order valence-electron chi connectivity index (χ3n) is 4.39. The van der Waals surface area contributed by atoms with Gasteiger partial charge in [0.1, 0.15) is 6.26 Å². The van der Waals surface area contributed by atoms with E-state index < -0.39 is 0 Å². The molecule has 4 aromatic rings. The van der Waals surface area contributed by atoms with Gasteiger partial charge in [-0.1, -0.05) is 18.2 Å². The van der Waals surface area contributed by atoms with Gasteiger partial charge in [-0.05, 0) is 71.8 Å². The monoisotopic (exact) mass is 373 g/mol. The number of thiophene rings is 1. The van der Waals surface area contributed by atoms with Crippen LogP contribution in [0.4, 0.5) is 5.69 Å². The Balaban J connectivity index is 1.53. The molecular weight excluding hydrogens is 354 g/mol. The van der Waals surface area contributed by atoms with Crippen LogP contribution in [-0.2, 0) is 0 Å². The molecule has 0 amide bonds. The van der Waals surface area contributed by atoms with E-state index in [1.807, 2.05) is 24.4 Å². The zero-order chi connectivity index (χ0) is 18.6. The van der Waals surface area contributed by atoms with Crippen LogP contribution < -0.4 is 5.43 Å². The molecule has 2 aromatic heterocycles. The number of aromatic nitrogens is 1. The molecule has 134 valence electrons. The van der Waals surface area contributed by atoms with Crippen molar-refractivity contribution in [2.75, 3.05) is 5.43 Å². The average molecular weight is 373 g/mol. The second kappa shape index (κ2) is 7.60. The lowest BCUT2D eigenvalue weighted by Crippen LogP contribution is -1.91. The molecule has 2 aromatic carbocycles. The van der Waals surface area contributed by atoms with Gasteiger partial charge >= 0.3 is 0 Å². The smallest absolute Gasteiger partial charge is 0.225 e. The first-order valence-corrected chi connectivity index (χ1v) is 9.53. The van der Waals surface area contributed by atoms with Crippen molar-refractivity contribution in [3.05, 3.63) is 82.4 Å². The molecule has 0 fully saturated rings. The highest BCUT2D eigenvalue weighted by atomic mass is 32.1. The second-order valence-corrected chi connectivity index (χ2v) is 7.23. The third kappa shape index (κ3) is 3.83. The molecule has 5 heteroatoms. The fraction of sp³-hybridized carbons (Fsp3) is 0.0909. The van der Waals surface area contributed by atoms with Gasteiger partial charge in [0.2, 0.25) is 5.89 Å². The molecule has 4 nitrogen and oxygen atoms in total. The van der Waals surface area contributed by atoms with Gasteiger partial charge in [-0.3, -0.25) is 5.43 Å². The summed E-state index contributed by atoms with van der Waals surface area (Å²) in [5.74, 6) is 0.632. The van der Waals surface area contributed by atoms with Gasteiger partial charge in [0.25, 0.3) is 0 Å². The van der Waals surface area contributed by atoms with Crippen molar-refractivity contribution >= 4 is 23.2 Å². The van der Waals surface area contributed by atoms with Crippen LogP contribution in [0.2, 0.25) is 0 Å². The van der Waals surface area contributed by atoms with Gasteiger partial charge in [-0.25, -0.2) is 4.98 Å². The Morgan fingerprint density at radius 2 is 1.81 bits per heavy atom. The summed E-state index contributed by atoms with van der Waals surface area (Å²) in [6, 6.07) is 16.6. The molecule has 0 spiro atoms. The van der Waals surface area contributed by atoms with Gasteiger partial charge in [-0.15, -0.1) is 11.3 Å². The Labute approximate surface area is 162 Å². The van der Waals surface area contributed by atoms with Crippen molar-refractivity contribution in [3.8, 4) is 22.6 Å². The second-order valence-electron chi connectivity index (χ2n) is 6.28. The van der Waals surface area contributed by atoms with E-state index in [2.05, 4.69) is 65.1 Å². The van der Waals surface area contributed by atoms with E-state index in [4.69, 9.17) is 4.42 Å².